The van der Waals surface area contributed by atoms with Gasteiger partial charge in [-0.15, -0.1) is 0 Å². The number of hydrogen-bond acceptors (Lipinski definition) is 4. The molecular weight excluding hydrogens is 120 g/mol. The zero-order valence-electron chi connectivity index (χ0n) is 5.09. The third-order valence-electron chi connectivity index (χ3n) is 1.16. The predicted molar refractivity (Wildman–Crippen MR) is 31.8 cm³/mol. The number of carbonyl (C=O) groups excluding carboxylic acids is 1. The summed E-state index contributed by atoms with van der Waals surface area (Å²) in [6.45, 7) is 1.96. The van der Waals surface area contributed by atoms with Crippen molar-refractivity contribution in [1.29, 1.82) is 0 Å². The van der Waals surface area contributed by atoms with Crippen molar-refractivity contribution in [1.82, 2.24) is 10.8 Å². The third kappa shape index (κ3) is 2.09. The van der Waals surface area contributed by atoms with Crippen LogP contribution in [0, 0.1) is 0 Å². The highest BCUT2D eigenvalue weighted by Gasteiger charge is 2.08. The summed E-state index contributed by atoms with van der Waals surface area (Å²) in [5, 5.41) is 2.98. The number of rotatable bonds is 1. The fraction of sp³-hybridized carbons (Fsp3) is 0.800. The molecule has 1 heterocycles. The molecule has 0 radical (unpaired) electrons. The Morgan fingerprint density at radius 3 is 3.22 bits per heavy atom. The summed E-state index contributed by atoms with van der Waals surface area (Å²) < 4.78 is 0. The molecule has 0 aliphatic carbocycles. The molecule has 1 fully saturated rings. The Morgan fingerprint density at radius 1 is 1.56 bits per heavy atom. The molecule has 2 N–H and O–H groups in total. The highest BCUT2D eigenvalue weighted by atomic mass is 16.6. The Morgan fingerprint density at radius 2 is 2.44 bits per heavy atom. The first kappa shape index (κ1) is 6.67. The molecule has 0 amide bonds. The average molecular weight is 130 g/mol. The molecule has 1 rings (SSSR count). The van der Waals surface area contributed by atoms with Crippen LogP contribution in [0.2, 0.25) is 0 Å². The molecule has 4 heteroatoms. The van der Waals surface area contributed by atoms with Crippen molar-refractivity contribution in [3.05, 3.63) is 0 Å². The number of carbonyl (C=O) groups is 1. The van der Waals surface area contributed by atoms with Gasteiger partial charge in [0.1, 0.15) is 6.29 Å². The average Bonchev–Trinajstić information content (AvgIpc) is 2.13. The maximum Gasteiger partial charge on any atom is 0.139 e. The minimum Gasteiger partial charge on any atom is -0.304 e. The van der Waals surface area contributed by atoms with Crippen molar-refractivity contribution in [2.45, 2.75) is 6.04 Å². The Labute approximate surface area is 53.5 Å². The normalized spacial score (nSPS) is 29.1. The predicted octanol–water partition coefficient (Wildman–Crippen LogP) is -1.32. The van der Waals surface area contributed by atoms with Gasteiger partial charge in [-0.1, -0.05) is 0 Å². The van der Waals surface area contributed by atoms with E-state index < -0.39 is 0 Å². The molecule has 1 atom stereocenters. The van der Waals surface area contributed by atoms with Crippen molar-refractivity contribution < 1.29 is 9.63 Å². The molecule has 0 aromatic carbocycles. The zero-order valence-corrected chi connectivity index (χ0v) is 5.09. The SMILES string of the molecule is O=CC1CONCCN1. The van der Waals surface area contributed by atoms with Gasteiger partial charge in [0.15, 0.2) is 0 Å². The van der Waals surface area contributed by atoms with E-state index in [1.807, 2.05) is 0 Å². The molecule has 0 aromatic heterocycles. The van der Waals surface area contributed by atoms with E-state index in [9.17, 15) is 4.79 Å². The molecule has 9 heavy (non-hydrogen) atoms. The van der Waals surface area contributed by atoms with Gasteiger partial charge in [0.05, 0.1) is 12.6 Å². The Bertz CT molecular complexity index is 89.0. The minimum absolute atomic E-state index is 0.139. The lowest BCUT2D eigenvalue weighted by molar-refractivity contribution is -0.111. The van der Waals surface area contributed by atoms with Crippen LogP contribution in [0.15, 0.2) is 0 Å². The third-order valence-corrected chi connectivity index (χ3v) is 1.16. The lowest BCUT2D eigenvalue weighted by Gasteiger charge is -2.03. The van der Waals surface area contributed by atoms with Crippen LogP contribution in [-0.4, -0.2) is 32.0 Å². The largest absolute Gasteiger partial charge is 0.304 e. The number of hydrogen-bond donors (Lipinski definition) is 2. The summed E-state index contributed by atoms with van der Waals surface area (Å²) in [7, 11) is 0. The maximum atomic E-state index is 10.1. The van der Waals surface area contributed by atoms with Gasteiger partial charge in [-0.2, -0.15) is 0 Å². The molecule has 1 saturated heterocycles. The van der Waals surface area contributed by atoms with E-state index in [1.165, 1.54) is 0 Å². The van der Waals surface area contributed by atoms with Crippen molar-refractivity contribution in [3.8, 4) is 0 Å². The molecule has 4 nitrogen and oxygen atoms in total. The summed E-state index contributed by atoms with van der Waals surface area (Å²) >= 11 is 0. The van der Waals surface area contributed by atoms with Crippen molar-refractivity contribution in [2.24, 2.45) is 0 Å². The highest BCUT2D eigenvalue weighted by Crippen LogP contribution is 1.82. The zero-order chi connectivity index (χ0) is 6.53. The molecule has 1 aliphatic rings. The van der Waals surface area contributed by atoms with Crippen LogP contribution in [0.5, 0.6) is 0 Å². The molecular formula is C5H10N2O2. The van der Waals surface area contributed by atoms with E-state index in [2.05, 4.69) is 10.8 Å². The van der Waals surface area contributed by atoms with Gasteiger partial charge in [0, 0.05) is 13.1 Å². The molecule has 0 saturated carbocycles. The monoisotopic (exact) mass is 130 g/mol. The Hall–Kier alpha value is -0.450. The molecule has 1 aliphatic heterocycles. The van der Waals surface area contributed by atoms with Crippen LogP contribution < -0.4 is 10.8 Å². The first-order chi connectivity index (χ1) is 4.43. The number of nitrogens with one attached hydrogen (secondary N) is 2. The molecule has 0 bridgehead atoms. The van der Waals surface area contributed by atoms with Crippen LogP contribution in [-0.2, 0) is 9.63 Å². The van der Waals surface area contributed by atoms with Gasteiger partial charge >= 0.3 is 0 Å². The second kappa shape index (κ2) is 3.55. The van der Waals surface area contributed by atoms with E-state index in [0.29, 0.717) is 6.61 Å². The Balaban J connectivity index is 2.26. The second-order valence-electron chi connectivity index (χ2n) is 1.90. The van der Waals surface area contributed by atoms with E-state index in [1.54, 1.807) is 0 Å². The molecule has 0 aromatic rings. The van der Waals surface area contributed by atoms with Crippen molar-refractivity contribution in [3.63, 3.8) is 0 Å². The van der Waals surface area contributed by atoms with E-state index in [-0.39, 0.29) is 6.04 Å². The first-order valence-corrected chi connectivity index (χ1v) is 2.97. The molecule has 0 spiro atoms. The minimum atomic E-state index is -0.139. The second-order valence-corrected chi connectivity index (χ2v) is 1.90. The van der Waals surface area contributed by atoms with Gasteiger partial charge in [0.25, 0.3) is 0 Å². The summed E-state index contributed by atoms with van der Waals surface area (Å²) in [5.74, 6) is 0. The van der Waals surface area contributed by atoms with Crippen LogP contribution in [0.25, 0.3) is 0 Å². The van der Waals surface area contributed by atoms with Crippen LogP contribution in [0.3, 0.4) is 0 Å². The van der Waals surface area contributed by atoms with Gasteiger partial charge in [0.2, 0.25) is 0 Å². The lowest BCUT2D eigenvalue weighted by Crippen LogP contribution is -2.33. The maximum absolute atomic E-state index is 10.1. The van der Waals surface area contributed by atoms with E-state index in [0.717, 1.165) is 19.4 Å². The van der Waals surface area contributed by atoms with Crippen LogP contribution >= 0.6 is 0 Å². The summed E-state index contributed by atoms with van der Waals surface area (Å²) in [6, 6.07) is -0.139. The molecule has 1 unspecified atom stereocenters. The van der Waals surface area contributed by atoms with Gasteiger partial charge in [-0.3, -0.25) is 4.84 Å². The smallest absolute Gasteiger partial charge is 0.139 e. The standard InChI is InChI=1S/C5H10N2O2/c8-3-5-4-9-7-2-1-6-5/h3,5-7H,1-2,4H2. The fourth-order valence-corrected chi connectivity index (χ4v) is 0.676. The van der Waals surface area contributed by atoms with Crippen molar-refractivity contribution in [2.75, 3.05) is 19.7 Å². The number of hydroxylamine groups is 1. The Kier molecular flexibility index (Phi) is 2.63. The van der Waals surface area contributed by atoms with E-state index >= 15 is 0 Å². The lowest BCUT2D eigenvalue weighted by atomic mass is 10.3. The summed E-state index contributed by atoms with van der Waals surface area (Å²) in [6.07, 6.45) is 0.854. The van der Waals surface area contributed by atoms with Crippen molar-refractivity contribution >= 4 is 6.29 Å². The van der Waals surface area contributed by atoms with Gasteiger partial charge in [-0.25, -0.2) is 5.48 Å². The fourth-order valence-electron chi connectivity index (χ4n) is 0.676. The number of aldehydes is 1. The van der Waals surface area contributed by atoms with Gasteiger partial charge < -0.3 is 10.1 Å². The quantitative estimate of drug-likeness (QED) is 0.432. The van der Waals surface area contributed by atoms with Crippen LogP contribution in [0.1, 0.15) is 0 Å². The summed E-state index contributed by atoms with van der Waals surface area (Å²) in [5.41, 5.74) is 2.69. The topological polar surface area (TPSA) is 50.4 Å². The molecule has 52 valence electrons. The highest BCUT2D eigenvalue weighted by molar-refractivity contribution is 5.57. The first-order valence-electron chi connectivity index (χ1n) is 2.97. The van der Waals surface area contributed by atoms with Gasteiger partial charge in [-0.05, 0) is 0 Å². The summed E-state index contributed by atoms with van der Waals surface area (Å²) in [4.78, 5) is 15.0. The van der Waals surface area contributed by atoms with Crippen LogP contribution in [0.4, 0.5) is 0 Å². The van der Waals surface area contributed by atoms with E-state index in [4.69, 9.17) is 4.84 Å².